The van der Waals surface area contributed by atoms with Crippen LogP contribution in [0.2, 0.25) is 0 Å². The summed E-state index contributed by atoms with van der Waals surface area (Å²) >= 11 is 1.62. The van der Waals surface area contributed by atoms with Crippen LogP contribution in [-0.2, 0) is 0 Å². The number of nitro groups is 1. The highest BCUT2D eigenvalue weighted by atomic mass is 32.1. The summed E-state index contributed by atoms with van der Waals surface area (Å²) in [5.74, 6) is 0.318. The van der Waals surface area contributed by atoms with E-state index in [2.05, 4.69) is 30.1 Å². The molecule has 3 aromatic rings. The van der Waals surface area contributed by atoms with Crippen LogP contribution in [0.25, 0.3) is 10.9 Å². The highest BCUT2D eigenvalue weighted by molar-refractivity contribution is 7.10. The molecule has 1 unspecified atom stereocenters. The van der Waals surface area contributed by atoms with Gasteiger partial charge in [-0.15, -0.1) is 11.3 Å². The van der Waals surface area contributed by atoms with Gasteiger partial charge in [0.05, 0.1) is 5.92 Å². The van der Waals surface area contributed by atoms with Crippen molar-refractivity contribution in [2.24, 2.45) is 0 Å². The van der Waals surface area contributed by atoms with Crippen molar-refractivity contribution in [1.82, 2.24) is 4.98 Å². The fourth-order valence-electron chi connectivity index (χ4n) is 4.23. The predicted molar refractivity (Wildman–Crippen MR) is 102 cm³/mol. The summed E-state index contributed by atoms with van der Waals surface area (Å²) in [4.78, 5) is 16.0. The zero-order valence-corrected chi connectivity index (χ0v) is 15.1. The molecule has 0 radical (unpaired) electrons. The van der Waals surface area contributed by atoms with Crippen LogP contribution in [-0.4, -0.2) is 16.5 Å². The minimum absolute atomic E-state index is 0.0545. The maximum Gasteiger partial charge on any atom is 0.215 e. The van der Waals surface area contributed by atoms with Crippen molar-refractivity contribution in [3.05, 3.63) is 67.5 Å². The highest BCUT2D eigenvalue weighted by Crippen LogP contribution is 2.43. The first-order valence-corrected chi connectivity index (χ1v) is 9.79. The molecular weight excluding hydrogens is 332 g/mol. The third kappa shape index (κ3) is 3.09. The Morgan fingerprint density at radius 1 is 1.32 bits per heavy atom. The van der Waals surface area contributed by atoms with E-state index in [1.165, 1.54) is 36.9 Å². The molecule has 5 heteroatoms. The number of fused-ring (bicyclic) bond motifs is 1. The molecule has 0 aliphatic heterocycles. The van der Waals surface area contributed by atoms with Gasteiger partial charge in [0.1, 0.15) is 0 Å². The Kier molecular flexibility index (Phi) is 4.34. The molecule has 25 heavy (non-hydrogen) atoms. The van der Waals surface area contributed by atoms with Gasteiger partial charge in [-0.05, 0) is 54.3 Å². The van der Waals surface area contributed by atoms with Crippen molar-refractivity contribution < 1.29 is 4.92 Å². The van der Waals surface area contributed by atoms with Gasteiger partial charge >= 0.3 is 0 Å². The lowest BCUT2D eigenvalue weighted by atomic mass is 9.89. The van der Waals surface area contributed by atoms with E-state index in [1.807, 2.05) is 17.5 Å². The minimum atomic E-state index is -0.179. The minimum Gasteiger partial charge on any atom is -0.358 e. The summed E-state index contributed by atoms with van der Waals surface area (Å²) in [5.41, 5.74) is 4.71. The summed E-state index contributed by atoms with van der Waals surface area (Å²) in [6.45, 7) is 2.03. The molecule has 1 aliphatic rings. The second-order valence-corrected chi connectivity index (χ2v) is 8.05. The molecule has 1 fully saturated rings. The fourth-order valence-corrected chi connectivity index (χ4v) is 5.06. The normalized spacial score (nSPS) is 16.5. The zero-order valence-electron chi connectivity index (χ0n) is 14.3. The molecular formula is C20H22N2O2S. The quantitative estimate of drug-likeness (QED) is 0.478. The first-order chi connectivity index (χ1) is 12.1. The number of rotatable bonds is 5. The highest BCUT2D eigenvalue weighted by Gasteiger charge is 2.31. The first-order valence-electron chi connectivity index (χ1n) is 8.91. The van der Waals surface area contributed by atoms with Crippen LogP contribution < -0.4 is 0 Å². The Bertz CT molecular complexity index is 892. The molecule has 130 valence electrons. The van der Waals surface area contributed by atoms with Gasteiger partial charge in [0.15, 0.2) is 0 Å². The zero-order chi connectivity index (χ0) is 17.4. The van der Waals surface area contributed by atoms with Crippen molar-refractivity contribution in [2.45, 2.75) is 44.4 Å². The van der Waals surface area contributed by atoms with E-state index < -0.39 is 0 Å². The van der Waals surface area contributed by atoms with Crippen LogP contribution in [0.5, 0.6) is 0 Å². The van der Waals surface area contributed by atoms with Gasteiger partial charge in [0.25, 0.3) is 0 Å². The smallest absolute Gasteiger partial charge is 0.215 e. The first kappa shape index (κ1) is 16.3. The average molecular weight is 354 g/mol. The van der Waals surface area contributed by atoms with Crippen LogP contribution >= 0.6 is 11.3 Å². The van der Waals surface area contributed by atoms with E-state index in [1.54, 1.807) is 11.3 Å². The summed E-state index contributed by atoms with van der Waals surface area (Å²) in [5, 5.41) is 14.6. The number of nitrogens with one attached hydrogen (secondary N) is 1. The van der Waals surface area contributed by atoms with E-state index in [0.29, 0.717) is 5.92 Å². The van der Waals surface area contributed by atoms with Gasteiger partial charge in [-0.2, -0.15) is 0 Å². The molecule has 1 aliphatic carbocycles. The van der Waals surface area contributed by atoms with Crippen molar-refractivity contribution in [3.8, 4) is 0 Å². The molecule has 1 aromatic carbocycles. The molecule has 0 spiro atoms. The van der Waals surface area contributed by atoms with Crippen LogP contribution in [0.3, 0.4) is 0 Å². The summed E-state index contributed by atoms with van der Waals surface area (Å²) in [6, 6.07) is 10.4. The Labute approximate surface area is 151 Å². The van der Waals surface area contributed by atoms with E-state index in [4.69, 9.17) is 0 Å². The lowest BCUT2D eigenvalue weighted by Gasteiger charge is -2.17. The van der Waals surface area contributed by atoms with E-state index in [0.717, 1.165) is 21.3 Å². The molecule has 2 heterocycles. The average Bonchev–Trinajstić information content (AvgIpc) is 3.31. The lowest BCUT2D eigenvalue weighted by molar-refractivity contribution is -0.481. The van der Waals surface area contributed by atoms with Crippen molar-refractivity contribution in [1.29, 1.82) is 0 Å². The number of hydrogen-bond donors (Lipinski definition) is 1. The fraction of sp³-hybridized carbons (Fsp3) is 0.400. The maximum atomic E-state index is 11.4. The topological polar surface area (TPSA) is 58.9 Å². The Morgan fingerprint density at radius 3 is 2.80 bits per heavy atom. The molecule has 4 rings (SSSR count). The second kappa shape index (κ2) is 6.64. The standard InChI is InChI=1S/C20H22N2O2S/c1-13-8-9-15-17(11-13)21-20(14-5-2-3-6-14)19(15)16(12-22(23)24)18-7-4-10-25-18/h4,7-11,14,16,21H,2-3,5-6,12H2,1H3. The SMILES string of the molecule is Cc1ccc2c(C(C[N+](=O)[O-])c3cccs3)c(C3CCCC3)[nH]c2c1. The Balaban J connectivity index is 1.93. The number of H-pyrrole nitrogens is 1. The van der Waals surface area contributed by atoms with Crippen molar-refractivity contribution in [3.63, 3.8) is 0 Å². The summed E-state index contributed by atoms with van der Waals surface area (Å²) in [6.07, 6.45) is 4.84. The predicted octanol–water partition coefficient (Wildman–Crippen LogP) is 5.60. The molecule has 1 atom stereocenters. The molecule has 0 bridgehead atoms. The number of aromatic nitrogens is 1. The number of nitrogens with zero attached hydrogens (tertiary/aromatic N) is 1. The number of hydrogen-bond acceptors (Lipinski definition) is 3. The Hall–Kier alpha value is -2.14. The largest absolute Gasteiger partial charge is 0.358 e. The lowest BCUT2D eigenvalue weighted by Crippen LogP contribution is -2.15. The van der Waals surface area contributed by atoms with Gasteiger partial charge in [-0.3, -0.25) is 10.1 Å². The third-order valence-electron chi connectivity index (χ3n) is 5.35. The van der Waals surface area contributed by atoms with Crippen molar-refractivity contribution in [2.75, 3.05) is 6.54 Å². The number of aromatic amines is 1. The van der Waals surface area contributed by atoms with Crippen molar-refractivity contribution >= 4 is 22.2 Å². The molecule has 4 nitrogen and oxygen atoms in total. The van der Waals surface area contributed by atoms with Gasteiger partial charge in [0, 0.05) is 26.4 Å². The van der Waals surface area contributed by atoms with Crippen LogP contribution in [0.1, 0.15) is 59.2 Å². The third-order valence-corrected chi connectivity index (χ3v) is 6.34. The summed E-state index contributed by atoms with van der Waals surface area (Å²) < 4.78 is 0. The molecule has 1 N–H and O–H groups in total. The van der Waals surface area contributed by atoms with E-state index in [9.17, 15) is 10.1 Å². The van der Waals surface area contributed by atoms with Gasteiger partial charge in [-0.25, -0.2) is 0 Å². The second-order valence-electron chi connectivity index (χ2n) is 7.07. The maximum absolute atomic E-state index is 11.4. The molecule has 1 saturated carbocycles. The molecule has 0 amide bonds. The van der Waals surface area contributed by atoms with Gasteiger partial charge in [0.2, 0.25) is 6.54 Å². The summed E-state index contributed by atoms with van der Waals surface area (Å²) in [7, 11) is 0. The van der Waals surface area contributed by atoms with Crippen LogP contribution in [0, 0.1) is 17.0 Å². The number of thiophene rings is 1. The van der Waals surface area contributed by atoms with Crippen LogP contribution in [0.4, 0.5) is 0 Å². The number of benzene rings is 1. The van der Waals surface area contributed by atoms with Gasteiger partial charge in [-0.1, -0.05) is 31.0 Å². The van der Waals surface area contributed by atoms with E-state index in [-0.39, 0.29) is 17.4 Å². The van der Waals surface area contributed by atoms with Gasteiger partial charge < -0.3 is 4.98 Å². The van der Waals surface area contributed by atoms with Crippen LogP contribution in [0.15, 0.2) is 35.7 Å². The Morgan fingerprint density at radius 2 is 2.12 bits per heavy atom. The number of aryl methyl sites for hydroxylation is 1. The molecule has 0 saturated heterocycles. The monoisotopic (exact) mass is 354 g/mol. The van der Waals surface area contributed by atoms with E-state index >= 15 is 0 Å². The molecule has 2 aromatic heterocycles.